The normalized spacial score (nSPS) is 15.4. The van der Waals surface area contributed by atoms with E-state index in [2.05, 4.69) is 25.2 Å². The van der Waals surface area contributed by atoms with E-state index in [1.165, 1.54) is 5.57 Å². The van der Waals surface area contributed by atoms with Crippen molar-refractivity contribution >= 4 is 5.57 Å². The highest BCUT2D eigenvalue weighted by Gasteiger charge is 2.03. The van der Waals surface area contributed by atoms with Crippen LogP contribution in [0.2, 0.25) is 0 Å². The summed E-state index contributed by atoms with van der Waals surface area (Å²) in [5, 5.41) is 0. The van der Waals surface area contributed by atoms with Crippen molar-refractivity contribution in [2.75, 3.05) is 0 Å². The average molecular weight is 214 g/mol. The predicted molar refractivity (Wildman–Crippen MR) is 66.6 cm³/mol. The van der Waals surface area contributed by atoms with Crippen molar-refractivity contribution in [3.8, 4) is 0 Å². The summed E-state index contributed by atoms with van der Waals surface area (Å²) < 4.78 is 13.4. The first kappa shape index (κ1) is 10.9. The number of hydrogen-bond donors (Lipinski definition) is 0. The molecule has 0 atom stereocenters. The molecule has 1 aromatic carbocycles. The van der Waals surface area contributed by atoms with E-state index in [1.807, 2.05) is 18.2 Å². The quantitative estimate of drug-likeness (QED) is 0.649. The standard InChI is InChI=1S/C15H15F/c1-11-4-3-5-13(8-6-11)14-9-7-12(2)15(16)10-14/h3,5-10H,4H2,1-2H3. The van der Waals surface area contributed by atoms with Gasteiger partial charge < -0.3 is 0 Å². The second-order valence-corrected chi connectivity index (χ2v) is 4.21. The topological polar surface area (TPSA) is 0 Å². The largest absolute Gasteiger partial charge is 0.207 e. The maximum Gasteiger partial charge on any atom is 0.126 e. The Morgan fingerprint density at radius 2 is 1.94 bits per heavy atom. The molecule has 0 aliphatic heterocycles. The minimum atomic E-state index is -0.142. The molecule has 2 rings (SSSR count). The summed E-state index contributed by atoms with van der Waals surface area (Å²) in [5.41, 5.74) is 4.01. The van der Waals surface area contributed by atoms with Gasteiger partial charge in [0.05, 0.1) is 0 Å². The van der Waals surface area contributed by atoms with Gasteiger partial charge in [-0.05, 0) is 43.0 Å². The van der Waals surface area contributed by atoms with Crippen LogP contribution in [-0.2, 0) is 0 Å². The number of aryl methyl sites for hydroxylation is 1. The zero-order chi connectivity index (χ0) is 11.5. The zero-order valence-corrected chi connectivity index (χ0v) is 9.63. The maximum absolute atomic E-state index is 13.4. The van der Waals surface area contributed by atoms with Crippen LogP contribution in [-0.4, -0.2) is 0 Å². The lowest BCUT2D eigenvalue weighted by molar-refractivity contribution is 0.618. The van der Waals surface area contributed by atoms with Crippen LogP contribution in [0.15, 0.2) is 48.1 Å². The third-order valence-electron chi connectivity index (χ3n) is 2.79. The van der Waals surface area contributed by atoms with Crippen LogP contribution < -0.4 is 0 Å². The SMILES string of the molecule is CC1=CC=C(c2ccc(C)c(F)c2)C=CC1. The average Bonchev–Trinajstić information content (AvgIpc) is 2.47. The maximum atomic E-state index is 13.4. The summed E-state index contributed by atoms with van der Waals surface area (Å²) in [6.07, 6.45) is 9.27. The van der Waals surface area contributed by atoms with Gasteiger partial charge in [-0.3, -0.25) is 0 Å². The monoisotopic (exact) mass is 214 g/mol. The molecule has 0 spiro atoms. The zero-order valence-electron chi connectivity index (χ0n) is 9.63. The van der Waals surface area contributed by atoms with Gasteiger partial charge in [0.25, 0.3) is 0 Å². The molecular formula is C15H15F. The van der Waals surface area contributed by atoms with Crippen LogP contribution in [0.4, 0.5) is 4.39 Å². The van der Waals surface area contributed by atoms with Gasteiger partial charge in [0.1, 0.15) is 5.82 Å². The van der Waals surface area contributed by atoms with E-state index in [4.69, 9.17) is 0 Å². The Morgan fingerprint density at radius 3 is 2.69 bits per heavy atom. The number of benzene rings is 1. The third-order valence-corrected chi connectivity index (χ3v) is 2.79. The molecule has 1 aliphatic rings. The lowest BCUT2D eigenvalue weighted by atomic mass is 10.0. The van der Waals surface area contributed by atoms with Crippen molar-refractivity contribution < 1.29 is 4.39 Å². The van der Waals surface area contributed by atoms with E-state index >= 15 is 0 Å². The summed E-state index contributed by atoms with van der Waals surface area (Å²) in [4.78, 5) is 0. The van der Waals surface area contributed by atoms with Crippen molar-refractivity contribution in [3.05, 3.63) is 65.0 Å². The fraction of sp³-hybridized carbons (Fsp3) is 0.200. The number of hydrogen-bond acceptors (Lipinski definition) is 0. The first-order valence-corrected chi connectivity index (χ1v) is 5.47. The molecule has 0 amide bonds. The van der Waals surface area contributed by atoms with E-state index in [-0.39, 0.29) is 5.82 Å². The summed E-state index contributed by atoms with van der Waals surface area (Å²) in [5.74, 6) is -0.142. The second kappa shape index (κ2) is 4.48. The molecule has 0 saturated carbocycles. The lowest BCUT2D eigenvalue weighted by Crippen LogP contribution is -1.86. The molecule has 0 fully saturated rings. The van der Waals surface area contributed by atoms with E-state index in [0.29, 0.717) is 5.56 Å². The molecule has 82 valence electrons. The van der Waals surface area contributed by atoms with Crippen LogP contribution in [0.25, 0.3) is 5.57 Å². The second-order valence-electron chi connectivity index (χ2n) is 4.21. The molecule has 1 heteroatoms. The molecule has 1 aliphatic carbocycles. The lowest BCUT2D eigenvalue weighted by Gasteiger charge is -2.03. The highest BCUT2D eigenvalue weighted by Crippen LogP contribution is 2.22. The molecule has 0 bridgehead atoms. The molecular weight excluding hydrogens is 199 g/mol. The predicted octanol–water partition coefficient (Wildman–Crippen LogP) is 4.42. The van der Waals surface area contributed by atoms with Gasteiger partial charge in [0.15, 0.2) is 0 Å². The molecule has 0 unspecified atom stereocenters. The summed E-state index contributed by atoms with van der Waals surface area (Å²) in [7, 11) is 0. The van der Waals surface area contributed by atoms with E-state index in [9.17, 15) is 4.39 Å². The van der Waals surface area contributed by atoms with Crippen LogP contribution in [0.1, 0.15) is 24.5 Å². The van der Waals surface area contributed by atoms with Gasteiger partial charge >= 0.3 is 0 Å². The van der Waals surface area contributed by atoms with Crippen LogP contribution >= 0.6 is 0 Å². The van der Waals surface area contributed by atoms with Crippen molar-refractivity contribution in [3.63, 3.8) is 0 Å². The van der Waals surface area contributed by atoms with E-state index in [0.717, 1.165) is 17.6 Å². The molecule has 0 saturated heterocycles. The molecule has 1 aromatic rings. The fourth-order valence-corrected chi connectivity index (χ4v) is 1.69. The highest BCUT2D eigenvalue weighted by molar-refractivity contribution is 5.76. The minimum Gasteiger partial charge on any atom is -0.207 e. The van der Waals surface area contributed by atoms with Crippen molar-refractivity contribution in [2.24, 2.45) is 0 Å². The molecule has 0 heterocycles. The summed E-state index contributed by atoms with van der Waals surface area (Å²) in [6.45, 7) is 3.87. The Labute approximate surface area is 95.8 Å². The Hall–Kier alpha value is -1.63. The summed E-state index contributed by atoms with van der Waals surface area (Å²) >= 11 is 0. The van der Waals surface area contributed by atoms with Gasteiger partial charge in [-0.25, -0.2) is 4.39 Å². The van der Waals surface area contributed by atoms with Crippen molar-refractivity contribution in [1.82, 2.24) is 0 Å². The van der Waals surface area contributed by atoms with Crippen molar-refractivity contribution in [1.29, 1.82) is 0 Å². The Morgan fingerprint density at radius 1 is 1.12 bits per heavy atom. The number of rotatable bonds is 1. The van der Waals surface area contributed by atoms with Crippen LogP contribution in [0.3, 0.4) is 0 Å². The molecule has 0 nitrogen and oxygen atoms in total. The third kappa shape index (κ3) is 2.30. The van der Waals surface area contributed by atoms with Gasteiger partial charge in [-0.2, -0.15) is 0 Å². The van der Waals surface area contributed by atoms with Gasteiger partial charge in [0, 0.05) is 0 Å². The summed E-state index contributed by atoms with van der Waals surface area (Å²) in [6, 6.07) is 5.38. The van der Waals surface area contributed by atoms with E-state index < -0.39 is 0 Å². The Bertz CT molecular complexity index is 490. The Balaban J connectivity index is 2.41. The highest BCUT2D eigenvalue weighted by atomic mass is 19.1. The van der Waals surface area contributed by atoms with Gasteiger partial charge in [0.2, 0.25) is 0 Å². The molecule has 0 N–H and O–H groups in total. The van der Waals surface area contributed by atoms with Gasteiger partial charge in [-0.15, -0.1) is 0 Å². The first-order chi connectivity index (χ1) is 7.66. The molecule has 0 aromatic heterocycles. The first-order valence-electron chi connectivity index (χ1n) is 5.47. The number of halogens is 1. The number of allylic oxidation sites excluding steroid dienone is 6. The van der Waals surface area contributed by atoms with Crippen LogP contribution in [0.5, 0.6) is 0 Å². The molecule has 16 heavy (non-hydrogen) atoms. The van der Waals surface area contributed by atoms with E-state index in [1.54, 1.807) is 13.0 Å². The minimum absolute atomic E-state index is 0.142. The van der Waals surface area contributed by atoms with Crippen LogP contribution in [0, 0.1) is 12.7 Å². The van der Waals surface area contributed by atoms with Gasteiger partial charge in [-0.1, -0.05) is 42.0 Å². The Kier molecular flexibility index (Phi) is 3.04. The fourth-order valence-electron chi connectivity index (χ4n) is 1.69. The molecule has 0 radical (unpaired) electrons. The van der Waals surface area contributed by atoms with Crippen molar-refractivity contribution in [2.45, 2.75) is 20.3 Å². The smallest absolute Gasteiger partial charge is 0.126 e.